The Morgan fingerprint density at radius 2 is 2.04 bits per heavy atom. The summed E-state index contributed by atoms with van der Waals surface area (Å²) in [6, 6.07) is 5.45. The van der Waals surface area contributed by atoms with Crippen molar-refractivity contribution in [2.75, 3.05) is 11.9 Å². The lowest BCUT2D eigenvalue weighted by atomic mass is 10.2. The van der Waals surface area contributed by atoms with Crippen LogP contribution >= 0.6 is 11.3 Å². The molecule has 1 aromatic carbocycles. The number of aromatic nitrogens is 1. The summed E-state index contributed by atoms with van der Waals surface area (Å²) in [7, 11) is -3.31. The molecular weight excluding hydrogens is 391 g/mol. The van der Waals surface area contributed by atoms with Gasteiger partial charge in [-0.05, 0) is 31.5 Å². The smallest absolute Gasteiger partial charge is 0.321 e. The second-order valence-corrected chi connectivity index (χ2v) is 10.1. The Morgan fingerprint density at radius 1 is 1.33 bits per heavy atom. The standard InChI is InChI=1S/C17H21FN4O3S2/c1-11(2)27(24,25)22-8-7-14-15(10-22)26-17(20-14)21-16(23)19-9-12-3-5-13(18)6-4-12/h3-6,11H,7-10H2,1-2H3,(H2,19,20,21,23). The molecule has 0 spiro atoms. The van der Waals surface area contributed by atoms with Gasteiger partial charge in [0, 0.05) is 30.9 Å². The number of amides is 2. The van der Waals surface area contributed by atoms with E-state index < -0.39 is 21.3 Å². The predicted molar refractivity (Wildman–Crippen MR) is 103 cm³/mol. The molecule has 146 valence electrons. The summed E-state index contributed by atoms with van der Waals surface area (Å²) in [5.41, 5.74) is 1.60. The monoisotopic (exact) mass is 412 g/mol. The van der Waals surface area contributed by atoms with Gasteiger partial charge in [-0.15, -0.1) is 0 Å². The Kier molecular flexibility index (Phi) is 5.78. The lowest BCUT2D eigenvalue weighted by molar-refractivity contribution is 0.251. The van der Waals surface area contributed by atoms with Crippen molar-refractivity contribution < 1.29 is 17.6 Å². The lowest BCUT2D eigenvalue weighted by Gasteiger charge is -2.26. The number of nitrogens with zero attached hydrogens (tertiary/aromatic N) is 2. The van der Waals surface area contributed by atoms with Gasteiger partial charge in [-0.2, -0.15) is 4.31 Å². The molecule has 0 atom stereocenters. The van der Waals surface area contributed by atoms with E-state index in [9.17, 15) is 17.6 Å². The number of hydrogen-bond donors (Lipinski definition) is 2. The van der Waals surface area contributed by atoms with Crippen LogP contribution in [0.15, 0.2) is 24.3 Å². The molecule has 27 heavy (non-hydrogen) atoms. The van der Waals surface area contributed by atoms with Crippen LogP contribution in [-0.4, -0.2) is 35.5 Å². The number of thiazole rings is 1. The zero-order valence-corrected chi connectivity index (χ0v) is 16.7. The van der Waals surface area contributed by atoms with Crippen molar-refractivity contribution in [1.29, 1.82) is 0 Å². The molecule has 1 aliphatic rings. The van der Waals surface area contributed by atoms with Gasteiger partial charge in [-0.25, -0.2) is 22.6 Å². The highest BCUT2D eigenvalue weighted by Gasteiger charge is 2.31. The van der Waals surface area contributed by atoms with Gasteiger partial charge in [-0.1, -0.05) is 23.5 Å². The number of urea groups is 1. The van der Waals surface area contributed by atoms with E-state index in [1.165, 1.54) is 27.8 Å². The van der Waals surface area contributed by atoms with Gasteiger partial charge in [0.05, 0.1) is 10.9 Å². The summed E-state index contributed by atoms with van der Waals surface area (Å²) in [4.78, 5) is 17.3. The topological polar surface area (TPSA) is 91.4 Å². The van der Waals surface area contributed by atoms with Crippen LogP contribution in [-0.2, 0) is 29.5 Å². The highest BCUT2D eigenvalue weighted by atomic mass is 32.2. The summed E-state index contributed by atoms with van der Waals surface area (Å²) in [6.07, 6.45) is 0.524. The zero-order valence-electron chi connectivity index (χ0n) is 15.0. The van der Waals surface area contributed by atoms with Gasteiger partial charge >= 0.3 is 6.03 Å². The Labute approximate surface area is 161 Å². The van der Waals surface area contributed by atoms with Crippen molar-refractivity contribution >= 4 is 32.5 Å². The number of hydrogen-bond acceptors (Lipinski definition) is 5. The second-order valence-electron chi connectivity index (χ2n) is 6.50. The Hall–Kier alpha value is -2.04. The lowest BCUT2D eigenvalue weighted by Crippen LogP contribution is -2.39. The quantitative estimate of drug-likeness (QED) is 0.790. The molecule has 0 aliphatic carbocycles. The molecule has 0 fully saturated rings. The van der Waals surface area contributed by atoms with E-state index in [1.807, 2.05) is 0 Å². The SMILES string of the molecule is CC(C)S(=O)(=O)N1CCc2nc(NC(=O)NCc3ccc(F)cc3)sc2C1. The molecule has 2 heterocycles. The largest absolute Gasteiger partial charge is 0.334 e. The van der Waals surface area contributed by atoms with E-state index in [0.717, 1.165) is 16.1 Å². The van der Waals surface area contributed by atoms with Crippen LogP contribution in [0.3, 0.4) is 0 Å². The average molecular weight is 413 g/mol. The first kappa shape index (κ1) is 19.7. The summed E-state index contributed by atoms with van der Waals surface area (Å²) in [5.74, 6) is -0.329. The van der Waals surface area contributed by atoms with Gasteiger partial charge < -0.3 is 5.32 Å². The molecule has 0 radical (unpaired) electrons. The molecule has 10 heteroatoms. The van der Waals surface area contributed by atoms with Crippen molar-refractivity contribution in [1.82, 2.24) is 14.6 Å². The molecule has 3 rings (SSSR count). The van der Waals surface area contributed by atoms with Crippen molar-refractivity contribution in [3.8, 4) is 0 Å². The Bertz CT molecular complexity index is 926. The fourth-order valence-electron chi connectivity index (χ4n) is 2.67. The number of nitrogens with one attached hydrogen (secondary N) is 2. The maximum absolute atomic E-state index is 12.9. The number of carbonyl (C=O) groups excluding carboxylic acids is 1. The number of sulfonamides is 1. The Balaban J connectivity index is 1.59. The third-order valence-corrected chi connectivity index (χ3v) is 7.46. The summed E-state index contributed by atoms with van der Waals surface area (Å²) >= 11 is 1.28. The molecule has 1 aliphatic heterocycles. The van der Waals surface area contributed by atoms with Gasteiger partial charge in [0.15, 0.2) is 5.13 Å². The van der Waals surface area contributed by atoms with Gasteiger partial charge in [-0.3, -0.25) is 5.32 Å². The molecular formula is C17H21FN4O3S2. The fraction of sp³-hybridized carbons (Fsp3) is 0.412. The first-order valence-corrected chi connectivity index (χ1v) is 10.8. The van der Waals surface area contributed by atoms with Crippen molar-refractivity contribution in [2.45, 2.75) is 38.6 Å². The van der Waals surface area contributed by atoms with Crippen LogP contribution in [0, 0.1) is 5.82 Å². The molecule has 7 nitrogen and oxygen atoms in total. The van der Waals surface area contributed by atoms with Crippen LogP contribution in [0.1, 0.15) is 30.0 Å². The number of fused-ring (bicyclic) bond motifs is 1. The molecule has 2 amide bonds. The van der Waals surface area contributed by atoms with Crippen LogP contribution in [0.5, 0.6) is 0 Å². The average Bonchev–Trinajstić information content (AvgIpc) is 3.02. The third kappa shape index (κ3) is 4.63. The first-order chi connectivity index (χ1) is 12.8. The number of anilines is 1. The van der Waals surface area contributed by atoms with Crippen molar-refractivity contribution in [2.24, 2.45) is 0 Å². The molecule has 0 saturated heterocycles. The summed E-state index contributed by atoms with van der Waals surface area (Å²) < 4.78 is 39.0. The van der Waals surface area contributed by atoms with Crippen molar-refractivity contribution in [3.05, 3.63) is 46.2 Å². The first-order valence-electron chi connectivity index (χ1n) is 8.52. The third-order valence-electron chi connectivity index (χ3n) is 4.24. The number of rotatable bonds is 5. The minimum Gasteiger partial charge on any atom is -0.334 e. The van der Waals surface area contributed by atoms with E-state index in [2.05, 4.69) is 15.6 Å². The number of carbonyl (C=O) groups is 1. The second kappa shape index (κ2) is 7.91. The molecule has 0 bridgehead atoms. The normalized spacial score (nSPS) is 14.8. The van der Waals surface area contributed by atoms with E-state index >= 15 is 0 Å². The molecule has 2 N–H and O–H groups in total. The fourth-order valence-corrected chi connectivity index (χ4v) is 5.02. The maximum Gasteiger partial charge on any atom is 0.321 e. The number of benzene rings is 1. The number of halogens is 1. The van der Waals surface area contributed by atoms with E-state index in [4.69, 9.17) is 0 Å². The van der Waals surface area contributed by atoms with Gasteiger partial charge in [0.2, 0.25) is 10.0 Å². The van der Waals surface area contributed by atoms with Crippen LogP contribution in [0.2, 0.25) is 0 Å². The highest BCUT2D eigenvalue weighted by Crippen LogP contribution is 2.30. The van der Waals surface area contributed by atoms with E-state index in [-0.39, 0.29) is 18.9 Å². The van der Waals surface area contributed by atoms with E-state index in [0.29, 0.717) is 18.1 Å². The van der Waals surface area contributed by atoms with Crippen LogP contribution in [0.25, 0.3) is 0 Å². The van der Waals surface area contributed by atoms with Crippen LogP contribution < -0.4 is 10.6 Å². The molecule has 1 aromatic heterocycles. The minimum absolute atomic E-state index is 0.262. The van der Waals surface area contributed by atoms with Gasteiger partial charge in [0.25, 0.3) is 0 Å². The highest BCUT2D eigenvalue weighted by molar-refractivity contribution is 7.89. The summed E-state index contributed by atoms with van der Waals surface area (Å²) in [5, 5.41) is 5.32. The summed E-state index contributed by atoms with van der Waals surface area (Å²) in [6.45, 7) is 4.27. The van der Waals surface area contributed by atoms with Crippen molar-refractivity contribution in [3.63, 3.8) is 0 Å². The minimum atomic E-state index is -3.31. The predicted octanol–water partition coefficient (Wildman–Crippen LogP) is 2.70. The molecule has 0 unspecified atom stereocenters. The Morgan fingerprint density at radius 3 is 2.70 bits per heavy atom. The zero-order chi connectivity index (χ0) is 19.6. The van der Waals surface area contributed by atoms with Gasteiger partial charge in [0.1, 0.15) is 5.82 Å². The maximum atomic E-state index is 12.9. The molecule has 0 saturated carbocycles. The van der Waals surface area contributed by atoms with Crippen LogP contribution in [0.4, 0.5) is 14.3 Å². The molecule has 2 aromatic rings. The van der Waals surface area contributed by atoms with E-state index in [1.54, 1.807) is 26.0 Å².